The minimum Gasteiger partial charge on any atom is -0.282 e. The van der Waals surface area contributed by atoms with E-state index in [1.807, 2.05) is 24.3 Å². The molecule has 44 heavy (non-hydrogen) atoms. The van der Waals surface area contributed by atoms with Gasteiger partial charge in [0.25, 0.3) is 10.1 Å². The standard InChI is InChI=1S/C40H68O3S/c1-3-5-7-9-11-13-15-17-19-21-23-25-27-31-36-35-37-32-29-30-34-39(37)40(44(41,42)43)38(36)33-28-26-24-22-20-18-16-14-12-10-8-6-4-2/h29-30,32,34-35H,3-28,31,33H2,1-2H3,(H,41,42,43). The molecule has 0 heterocycles. The minimum absolute atomic E-state index is 0.166. The Labute approximate surface area is 273 Å². The molecule has 0 aliphatic rings. The number of hydrogen-bond donors (Lipinski definition) is 1. The first kappa shape index (κ1) is 38.8. The molecular formula is C40H68O3S. The first-order valence-corrected chi connectivity index (χ1v) is 20.4. The molecule has 0 aliphatic carbocycles. The molecule has 2 aromatic rings. The second kappa shape index (κ2) is 24.8. The lowest BCUT2D eigenvalue weighted by atomic mass is 9.93. The Morgan fingerprint density at radius 1 is 0.500 bits per heavy atom. The highest BCUT2D eigenvalue weighted by Gasteiger charge is 2.22. The molecule has 2 aromatic carbocycles. The third kappa shape index (κ3) is 16.8. The fourth-order valence-electron chi connectivity index (χ4n) is 6.86. The van der Waals surface area contributed by atoms with Gasteiger partial charge >= 0.3 is 0 Å². The van der Waals surface area contributed by atoms with Crippen LogP contribution in [-0.2, 0) is 23.0 Å². The molecule has 0 fully saturated rings. The third-order valence-corrected chi connectivity index (χ3v) is 10.5. The molecule has 0 atom stereocenters. The van der Waals surface area contributed by atoms with Gasteiger partial charge in [0.1, 0.15) is 4.90 Å². The van der Waals surface area contributed by atoms with E-state index in [2.05, 4.69) is 19.9 Å². The van der Waals surface area contributed by atoms with Gasteiger partial charge in [0.05, 0.1) is 0 Å². The fourth-order valence-corrected chi connectivity index (χ4v) is 7.87. The Balaban J connectivity index is 1.79. The molecule has 0 amide bonds. The van der Waals surface area contributed by atoms with Gasteiger partial charge in [-0.2, -0.15) is 8.42 Å². The van der Waals surface area contributed by atoms with E-state index >= 15 is 0 Å². The van der Waals surface area contributed by atoms with Crippen molar-refractivity contribution in [2.24, 2.45) is 0 Å². The van der Waals surface area contributed by atoms with Gasteiger partial charge in [-0.05, 0) is 42.2 Å². The number of fused-ring (bicyclic) bond motifs is 1. The summed E-state index contributed by atoms with van der Waals surface area (Å²) in [5.74, 6) is 0. The predicted octanol–water partition coefficient (Wildman–Crippen LogP) is 13.4. The van der Waals surface area contributed by atoms with Crippen molar-refractivity contribution in [3.8, 4) is 0 Å². The Morgan fingerprint density at radius 3 is 1.27 bits per heavy atom. The highest BCUT2D eigenvalue weighted by Crippen LogP contribution is 2.32. The van der Waals surface area contributed by atoms with Crippen LogP contribution in [0.4, 0.5) is 0 Å². The molecule has 3 nitrogen and oxygen atoms in total. The van der Waals surface area contributed by atoms with E-state index in [1.54, 1.807) is 0 Å². The molecule has 2 rings (SSSR count). The van der Waals surface area contributed by atoms with Gasteiger partial charge in [-0.25, -0.2) is 0 Å². The molecule has 252 valence electrons. The Bertz CT molecular complexity index is 1090. The molecule has 0 spiro atoms. The van der Waals surface area contributed by atoms with E-state index in [0.29, 0.717) is 5.39 Å². The van der Waals surface area contributed by atoms with Crippen LogP contribution in [0, 0.1) is 0 Å². The Hall–Kier alpha value is -1.39. The van der Waals surface area contributed by atoms with E-state index in [9.17, 15) is 13.0 Å². The van der Waals surface area contributed by atoms with E-state index in [1.165, 1.54) is 148 Å². The van der Waals surface area contributed by atoms with Crippen molar-refractivity contribution in [2.75, 3.05) is 0 Å². The summed E-state index contributed by atoms with van der Waals surface area (Å²) in [5, 5.41) is 1.58. The summed E-state index contributed by atoms with van der Waals surface area (Å²) in [6.07, 6.45) is 35.7. The quantitative estimate of drug-likeness (QED) is 0.0720. The predicted molar refractivity (Wildman–Crippen MR) is 193 cm³/mol. The number of aryl methyl sites for hydroxylation is 1. The topological polar surface area (TPSA) is 54.4 Å². The molecule has 0 aliphatic heterocycles. The van der Waals surface area contributed by atoms with Crippen molar-refractivity contribution in [1.82, 2.24) is 0 Å². The van der Waals surface area contributed by atoms with E-state index in [0.717, 1.165) is 48.6 Å². The van der Waals surface area contributed by atoms with Crippen molar-refractivity contribution in [3.05, 3.63) is 41.5 Å². The molecule has 0 saturated carbocycles. The lowest BCUT2D eigenvalue weighted by Crippen LogP contribution is -2.08. The second-order valence-corrected chi connectivity index (χ2v) is 14.9. The summed E-state index contributed by atoms with van der Waals surface area (Å²) in [4.78, 5) is 0.166. The van der Waals surface area contributed by atoms with E-state index in [4.69, 9.17) is 0 Å². The van der Waals surface area contributed by atoms with Crippen LogP contribution < -0.4 is 0 Å². The normalized spacial score (nSPS) is 12.0. The Kier molecular flexibility index (Phi) is 21.9. The SMILES string of the molecule is CCCCCCCCCCCCCCCc1cc2ccccc2c(S(=O)(=O)O)c1CCCCCCCCCCCCCCC. The lowest BCUT2D eigenvalue weighted by molar-refractivity contribution is 0.482. The molecular weight excluding hydrogens is 561 g/mol. The van der Waals surface area contributed by atoms with Crippen LogP contribution in [0.5, 0.6) is 0 Å². The number of unbranched alkanes of at least 4 members (excludes halogenated alkanes) is 24. The summed E-state index contributed by atoms with van der Waals surface area (Å²) in [5.41, 5.74) is 1.99. The monoisotopic (exact) mass is 628 g/mol. The van der Waals surface area contributed by atoms with Gasteiger partial charge in [0.2, 0.25) is 0 Å². The van der Waals surface area contributed by atoms with E-state index < -0.39 is 10.1 Å². The van der Waals surface area contributed by atoms with Crippen molar-refractivity contribution in [2.45, 2.75) is 199 Å². The van der Waals surface area contributed by atoms with Gasteiger partial charge in [-0.1, -0.05) is 198 Å². The van der Waals surface area contributed by atoms with Gasteiger partial charge in [0.15, 0.2) is 0 Å². The largest absolute Gasteiger partial charge is 0.295 e. The van der Waals surface area contributed by atoms with Crippen molar-refractivity contribution >= 4 is 20.9 Å². The van der Waals surface area contributed by atoms with Crippen molar-refractivity contribution < 1.29 is 13.0 Å². The molecule has 0 aromatic heterocycles. The zero-order chi connectivity index (χ0) is 31.7. The summed E-state index contributed by atoms with van der Waals surface area (Å²) < 4.78 is 35.7. The van der Waals surface area contributed by atoms with Crippen LogP contribution in [0.3, 0.4) is 0 Å². The number of rotatable bonds is 29. The van der Waals surface area contributed by atoms with Gasteiger partial charge in [-0.15, -0.1) is 0 Å². The molecule has 4 heteroatoms. The highest BCUT2D eigenvalue weighted by molar-refractivity contribution is 7.86. The number of hydrogen-bond acceptors (Lipinski definition) is 2. The summed E-state index contributed by atoms with van der Waals surface area (Å²) in [6, 6.07) is 9.85. The molecule has 0 unspecified atom stereocenters. The Morgan fingerprint density at radius 2 is 0.864 bits per heavy atom. The van der Waals surface area contributed by atoms with Gasteiger partial charge in [-0.3, -0.25) is 4.55 Å². The average Bonchev–Trinajstić information content (AvgIpc) is 3.01. The van der Waals surface area contributed by atoms with Crippen LogP contribution in [0.2, 0.25) is 0 Å². The zero-order valence-corrected chi connectivity index (χ0v) is 29.7. The maximum Gasteiger partial charge on any atom is 0.295 e. The smallest absolute Gasteiger partial charge is 0.282 e. The van der Waals surface area contributed by atoms with Crippen LogP contribution in [0.1, 0.15) is 192 Å². The molecule has 0 radical (unpaired) electrons. The van der Waals surface area contributed by atoms with Crippen molar-refractivity contribution in [1.29, 1.82) is 0 Å². The third-order valence-electron chi connectivity index (χ3n) is 9.53. The van der Waals surface area contributed by atoms with Crippen LogP contribution in [0.15, 0.2) is 35.2 Å². The van der Waals surface area contributed by atoms with Gasteiger partial charge < -0.3 is 0 Å². The molecule has 0 saturated heterocycles. The van der Waals surface area contributed by atoms with Crippen LogP contribution in [0.25, 0.3) is 10.8 Å². The number of benzene rings is 2. The van der Waals surface area contributed by atoms with Crippen molar-refractivity contribution in [3.63, 3.8) is 0 Å². The van der Waals surface area contributed by atoms with Crippen LogP contribution >= 0.6 is 0 Å². The summed E-state index contributed by atoms with van der Waals surface area (Å²) >= 11 is 0. The molecule has 1 N–H and O–H groups in total. The second-order valence-electron chi connectivity index (χ2n) is 13.5. The van der Waals surface area contributed by atoms with E-state index in [-0.39, 0.29) is 4.90 Å². The molecule has 0 bridgehead atoms. The van der Waals surface area contributed by atoms with Crippen LogP contribution in [-0.4, -0.2) is 13.0 Å². The maximum absolute atomic E-state index is 12.7. The fraction of sp³-hybridized carbons (Fsp3) is 0.750. The first-order valence-electron chi connectivity index (χ1n) is 19.0. The van der Waals surface area contributed by atoms with Gasteiger partial charge in [0, 0.05) is 5.39 Å². The summed E-state index contributed by atoms with van der Waals surface area (Å²) in [7, 11) is -4.31. The minimum atomic E-state index is -4.31. The first-order chi connectivity index (χ1) is 21.5. The summed E-state index contributed by atoms with van der Waals surface area (Å²) in [6.45, 7) is 4.55. The lowest BCUT2D eigenvalue weighted by Gasteiger charge is -2.17. The average molecular weight is 629 g/mol. The maximum atomic E-state index is 12.7. The zero-order valence-electron chi connectivity index (χ0n) is 28.9. The highest BCUT2D eigenvalue weighted by atomic mass is 32.2.